The molecule has 1 saturated carbocycles. The first-order valence-corrected chi connectivity index (χ1v) is 8.78. The van der Waals surface area contributed by atoms with Crippen LogP contribution in [0, 0.1) is 6.92 Å². The number of amides is 1. The zero-order chi connectivity index (χ0) is 15.4. The zero-order valence-corrected chi connectivity index (χ0v) is 15.3. The van der Waals surface area contributed by atoms with E-state index in [4.69, 9.17) is 5.73 Å². The van der Waals surface area contributed by atoms with Gasteiger partial charge < -0.3 is 10.6 Å². The molecule has 2 rings (SSSR count). The highest BCUT2D eigenvalue weighted by molar-refractivity contribution is 7.99. The minimum Gasteiger partial charge on any atom is -0.341 e. The number of halogens is 1. The summed E-state index contributed by atoms with van der Waals surface area (Å²) < 4.78 is 0. The highest BCUT2D eigenvalue weighted by Gasteiger charge is 2.31. The molecule has 1 fully saturated rings. The lowest BCUT2D eigenvalue weighted by Gasteiger charge is -2.27. The Kier molecular flexibility index (Phi) is 7.74. The van der Waals surface area contributed by atoms with E-state index in [0.29, 0.717) is 11.3 Å². The van der Waals surface area contributed by atoms with Crippen LogP contribution in [0.25, 0.3) is 0 Å². The second-order valence-electron chi connectivity index (χ2n) is 5.88. The van der Waals surface area contributed by atoms with Gasteiger partial charge in [-0.3, -0.25) is 4.79 Å². The van der Waals surface area contributed by atoms with Crippen LogP contribution in [-0.4, -0.2) is 34.9 Å². The van der Waals surface area contributed by atoms with Crippen molar-refractivity contribution in [1.29, 1.82) is 0 Å². The van der Waals surface area contributed by atoms with Crippen molar-refractivity contribution in [2.45, 2.75) is 50.4 Å². The molecule has 1 aliphatic carbocycles. The van der Waals surface area contributed by atoms with Gasteiger partial charge in [-0.1, -0.05) is 36.8 Å². The van der Waals surface area contributed by atoms with Crippen molar-refractivity contribution >= 4 is 30.1 Å². The minimum atomic E-state index is -0.548. The van der Waals surface area contributed by atoms with Crippen molar-refractivity contribution in [3.8, 4) is 0 Å². The van der Waals surface area contributed by atoms with Gasteiger partial charge in [0.25, 0.3) is 0 Å². The maximum absolute atomic E-state index is 12.6. The number of carbonyl (C=O) groups excluding carboxylic acids is 1. The first-order chi connectivity index (χ1) is 10.0. The maximum atomic E-state index is 12.6. The van der Waals surface area contributed by atoms with E-state index in [-0.39, 0.29) is 18.3 Å². The molecule has 1 aromatic rings. The maximum Gasteiger partial charge on any atom is 0.244 e. The van der Waals surface area contributed by atoms with Gasteiger partial charge >= 0.3 is 0 Å². The van der Waals surface area contributed by atoms with Gasteiger partial charge in [0, 0.05) is 18.3 Å². The molecule has 0 radical (unpaired) electrons. The summed E-state index contributed by atoms with van der Waals surface area (Å²) in [5.41, 5.74) is 8.23. The molecule has 22 heavy (non-hydrogen) atoms. The Balaban J connectivity index is 0.00000242. The van der Waals surface area contributed by atoms with Crippen LogP contribution in [0.3, 0.4) is 0 Å². The van der Waals surface area contributed by atoms with Gasteiger partial charge in [-0.2, -0.15) is 11.8 Å². The second kappa shape index (κ2) is 8.80. The molecule has 3 nitrogen and oxygen atoms in total. The molecule has 3 unspecified atom stereocenters. The van der Waals surface area contributed by atoms with Crippen LogP contribution in [0.2, 0.25) is 0 Å². The van der Waals surface area contributed by atoms with Crippen LogP contribution in [-0.2, 0) is 4.79 Å². The molecule has 3 atom stereocenters. The standard InChI is InChI=1S/C17H26N2OS.ClH/c1-4-21-15-10-9-14(11-15)19(3)17(20)16(18)13-7-5-12(2)6-8-13;/h5-8,14-16H,4,9-11,18H2,1-3H3;1H. The molecule has 124 valence electrons. The van der Waals surface area contributed by atoms with Crippen LogP contribution in [0.4, 0.5) is 0 Å². The molecule has 1 amide bonds. The third-order valence-electron chi connectivity index (χ3n) is 4.36. The van der Waals surface area contributed by atoms with Gasteiger partial charge in [0.1, 0.15) is 6.04 Å². The van der Waals surface area contributed by atoms with E-state index in [1.807, 2.05) is 54.9 Å². The van der Waals surface area contributed by atoms with Crippen LogP contribution in [0.5, 0.6) is 0 Å². The van der Waals surface area contributed by atoms with E-state index in [0.717, 1.165) is 24.2 Å². The Morgan fingerprint density at radius 1 is 1.36 bits per heavy atom. The van der Waals surface area contributed by atoms with E-state index in [1.54, 1.807) is 0 Å². The predicted molar refractivity (Wildman–Crippen MR) is 97.7 cm³/mol. The van der Waals surface area contributed by atoms with Gasteiger partial charge in [0.15, 0.2) is 0 Å². The van der Waals surface area contributed by atoms with Crippen molar-refractivity contribution in [2.24, 2.45) is 5.73 Å². The predicted octanol–water partition coefficient (Wildman–Crippen LogP) is 3.55. The lowest BCUT2D eigenvalue weighted by atomic mass is 10.0. The highest BCUT2D eigenvalue weighted by atomic mass is 35.5. The molecule has 0 saturated heterocycles. The molecule has 1 aliphatic rings. The molecule has 0 aliphatic heterocycles. The second-order valence-corrected chi connectivity index (χ2v) is 7.46. The number of likely N-dealkylation sites (N-methyl/N-ethyl adjacent to an activating group) is 1. The first-order valence-electron chi connectivity index (χ1n) is 7.73. The SMILES string of the molecule is CCSC1CCC(N(C)C(=O)C(N)c2ccc(C)cc2)C1.Cl. The summed E-state index contributed by atoms with van der Waals surface area (Å²) in [6.45, 7) is 4.23. The summed E-state index contributed by atoms with van der Waals surface area (Å²) in [5, 5.41) is 0.700. The Labute approximate surface area is 144 Å². The number of carbonyl (C=O) groups is 1. The number of thioether (sulfide) groups is 1. The molecule has 0 bridgehead atoms. The average Bonchev–Trinajstić information content (AvgIpc) is 2.95. The number of aryl methyl sites for hydroxylation is 1. The number of hydrogen-bond donors (Lipinski definition) is 1. The first kappa shape index (κ1) is 19.3. The van der Waals surface area contributed by atoms with Gasteiger partial charge in [-0.05, 0) is 37.5 Å². The third kappa shape index (κ3) is 4.64. The van der Waals surface area contributed by atoms with Crippen molar-refractivity contribution in [2.75, 3.05) is 12.8 Å². The molecular weight excluding hydrogens is 316 g/mol. The lowest BCUT2D eigenvalue weighted by molar-refractivity contribution is -0.133. The van der Waals surface area contributed by atoms with Gasteiger partial charge in [-0.25, -0.2) is 0 Å². The highest BCUT2D eigenvalue weighted by Crippen LogP contribution is 2.32. The zero-order valence-electron chi connectivity index (χ0n) is 13.6. The summed E-state index contributed by atoms with van der Waals surface area (Å²) in [4.78, 5) is 14.4. The lowest BCUT2D eigenvalue weighted by Crippen LogP contribution is -2.41. The normalized spacial score (nSPS) is 22.0. The Bertz CT molecular complexity index is 480. The quantitative estimate of drug-likeness (QED) is 0.890. The molecule has 5 heteroatoms. The van der Waals surface area contributed by atoms with Crippen molar-refractivity contribution in [3.63, 3.8) is 0 Å². The number of rotatable bonds is 5. The Hall–Kier alpha value is -0.710. The monoisotopic (exact) mass is 342 g/mol. The summed E-state index contributed by atoms with van der Waals surface area (Å²) in [6, 6.07) is 7.72. The summed E-state index contributed by atoms with van der Waals surface area (Å²) in [7, 11) is 1.90. The van der Waals surface area contributed by atoms with Crippen LogP contribution >= 0.6 is 24.2 Å². The Morgan fingerprint density at radius 3 is 2.59 bits per heavy atom. The molecule has 0 aromatic heterocycles. The van der Waals surface area contributed by atoms with Crippen LogP contribution in [0.15, 0.2) is 24.3 Å². The topological polar surface area (TPSA) is 46.3 Å². The smallest absolute Gasteiger partial charge is 0.244 e. The van der Waals surface area contributed by atoms with Crippen molar-refractivity contribution < 1.29 is 4.79 Å². The molecule has 1 aromatic carbocycles. The number of benzene rings is 1. The molecule has 2 N–H and O–H groups in total. The number of hydrogen-bond acceptors (Lipinski definition) is 3. The van der Waals surface area contributed by atoms with Crippen LogP contribution in [0.1, 0.15) is 43.4 Å². The third-order valence-corrected chi connectivity index (χ3v) is 5.59. The fourth-order valence-electron chi connectivity index (χ4n) is 2.97. The number of nitrogens with zero attached hydrogens (tertiary/aromatic N) is 1. The summed E-state index contributed by atoms with van der Waals surface area (Å²) in [6.07, 6.45) is 3.41. The fourth-order valence-corrected chi connectivity index (χ4v) is 4.10. The van der Waals surface area contributed by atoms with E-state index in [2.05, 4.69) is 6.92 Å². The van der Waals surface area contributed by atoms with Crippen LogP contribution < -0.4 is 5.73 Å². The largest absolute Gasteiger partial charge is 0.341 e. The van der Waals surface area contributed by atoms with Gasteiger partial charge in [0.2, 0.25) is 5.91 Å². The number of nitrogens with two attached hydrogens (primary N) is 1. The van der Waals surface area contributed by atoms with E-state index >= 15 is 0 Å². The van der Waals surface area contributed by atoms with E-state index < -0.39 is 6.04 Å². The summed E-state index contributed by atoms with van der Waals surface area (Å²) in [5.74, 6) is 1.18. The Morgan fingerprint density at radius 2 is 2.00 bits per heavy atom. The average molecular weight is 343 g/mol. The van der Waals surface area contributed by atoms with E-state index in [1.165, 1.54) is 12.0 Å². The van der Waals surface area contributed by atoms with Gasteiger partial charge in [-0.15, -0.1) is 12.4 Å². The van der Waals surface area contributed by atoms with Crippen molar-refractivity contribution in [3.05, 3.63) is 35.4 Å². The molecule has 0 heterocycles. The van der Waals surface area contributed by atoms with Crippen molar-refractivity contribution in [1.82, 2.24) is 4.90 Å². The van der Waals surface area contributed by atoms with Gasteiger partial charge in [0.05, 0.1) is 0 Å². The van der Waals surface area contributed by atoms with E-state index in [9.17, 15) is 4.79 Å². The molecular formula is C17H27ClN2OS. The summed E-state index contributed by atoms with van der Waals surface area (Å²) >= 11 is 2.01. The fraction of sp³-hybridized carbons (Fsp3) is 0.588. The molecule has 0 spiro atoms. The minimum absolute atomic E-state index is 0.